The van der Waals surface area contributed by atoms with Crippen molar-refractivity contribution < 1.29 is 4.79 Å². The lowest BCUT2D eigenvalue weighted by Gasteiger charge is -2.38. The summed E-state index contributed by atoms with van der Waals surface area (Å²) in [5.74, 6) is 0.321. The molecule has 2 saturated heterocycles. The van der Waals surface area contributed by atoms with E-state index in [2.05, 4.69) is 27.4 Å². The summed E-state index contributed by atoms with van der Waals surface area (Å²) in [5.41, 5.74) is 1.97. The van der Waals surface area contributed by atoms with E-state index in [0.29, 0.717) is 5.91 Å². The van der Waals surface area contributed by atoms with Gasteiger partial charge in [0.15, 0.2) is 0 Å². The molecule has 2 aliphatic heterocycles. The van der Waals surface area contributed by atoms with Crippen molar-refractivity contribution in [3.8, 4) is 0 Å². The van der Waals surface area contributed by atoms with Gasteiger partial charge in [0.1, 0.15) is 0 Å². The summed E-state index contributed by atoms with van der Waals surface area (Å²) in [5, 5.41) is 4.12. The first-order valence-electron chi connectivity index (χ1n) is 8.23. The Bertz CT molecular complexity index is 673. The Balaban J connectivity index is 1.49. The number of thiophene rings is 1. The molecule has 0 aliphatic carbocycles. The largest absolute Gasteiger partial charge is 0.311 e. The van der Waals surface area contributed by atoms with Gasteiger partial charge < -0.3 is 4.90 Å². The van der Waals surface area contributed by atoms with Gasteiger partial charge in [0.2, 0.25) is 5.91 Å². The molecule has 1 amide bonds. The Morgan fingerprint density at radius 1 is 1.22 bits per heavy atom. The first-order valence-corrected chi connectivity index (χ1v) is 9.18. The van der Waals surface area contributed by atoms with Crippen LogP contribution in [-0.2, 0) is 11.3 Å². The number of rotatable bonds is 3. The molecule has 120 valence electrons. The van der Waals surface area contributed by atoms with Crippen LogP contribution in [0.3, 0.4) is 0 Å². The zero-order chi connectivity index (χ0) is 15.7. The number of likely N-dealkylation sites (tertiary alicyclic amines) is 1. The number of amides is 1. The first-order chi connectivity index (χ1) is 11.3. The third-order valence-corrected chi connectivity index (χ3v) is 5.77. The lowest BCUT2D eigenvalue weighted by Crippen LogP contribution is -2.47. The van der Waals surface area contributed by atoms with Crippen LogP contribution in [0.2, 0.25) is 0 Å². The molecule has 4 heterocycles. The van der Waals surface area contributed by atoms with Crippen molar-refractivity contribution in [2.24, 2.45) is 5.41 Å². The molecular formula is C18H21N3OS. The number of hydrogen-bond acceptors (Lipinski definition) is 4. The van der Waals surface area contributed by atoms with Crippen LogP contribution in [0.4, 0.5) is 5.69 Å². The molecule has 4 rings (SSSR count). The normalized spacial score (nSPS) is 25.4. The number of nitrogens with zero attached hydrogens (tertiary/aromatic N) is 3. The van der Waals surface area contributed by atoms with Crippen molar-refractivity contribution in [2.75, 3.05) is 24.5 Å². The Morgan fingerprint density at radius 2 is 2.17 bits per heavy atom. The highest BCUT2D eigenvalue weighted by molar-refractivity contribution is 7.08. The topological polar surface area (TPSA) is 36.4 Å². The molecule has 0 N–H and O–H groups in total. The Kier molecular flexibility index (Phi) is 3.91. The van der Waals surface area contributed by atoms with Crippen molar-refractivity contribution >= 4 is 22.9 Å². The predicted octanol–water partition coefficient (Wildman–Crippen LogP) is 3.16. The van der Waals surface area contributed by atoms with Crippen LogP contribution in [0.15, 0.2) is 41.2 Å². The molecule has 0 bridgehead atoms. The van der Waals surface area contributed by atoms with Gasteiger partial charge in [0.25, 0.3) is 0 Å². The van der Waals surface area contributed by atoms with Gasteiger partial charge in [0.05, 0.1) is 16.8 Å². The summed E-state index contributed by atoms with van der Waals surface area (Å²) in [4.78, 5) is 21.9. The Morgan fingerprint density at radius 3 is 2.96 bits per heavy atom. The number of anilines is 1. The van der Waals surface area contributed by atoms with Crippen LogP contribution in [0.5, 0.6) is 0 Å². The molecule has 1 atom stereocenters. The van der Waals surface area contributed by atoms with Crippen LogP contribution < -0.4 is 4.90 Å². The van der Waals surface area contributed by atoms with Crippen LogP contribution in [0.1, 0.15) is 25.0 Å². The number of aromatic nitrogens is 1. The third kappa shape index (κ3) is 2.79. The summed E-state index contributed by atoms with van der Waals surface area (Å²) in [6.45, 7) is 3.62. The summed E-state index contributed by atoms with van der Waals surface area (Å²) in [7, 11) is 0. The number of hydrogen-bond donors (Lipinski definition) is 0. The number of carbonyl (C=O) groups is 1. The molecule has 0 unspecified atom stereocenters. The molecule has 2 aromatic rings. The average Bonchev–Trinajstić information content (AvgIpc) is 3.19. The standard InChI is InChI=1S/C18H21N3OS/c22-17-18(7-10-21(17)16-5-11-23-13-16)6-3-9-20(14-18)12-15-4-1-2-8-19-15/h1-2,4-5,8,11,13H,3,6-7,9-10,12,14H2/t18-/m1/s1. The molecule has 0 radical (unpaired) electrons. The SMILES string of the molecule is O=C1N(c2ccsc2)CC[C@@]12CCCN(Cc1ccccn1)C2. The molecular weight excluding hydrogens is 306 g/mol. The van der Waals surface area contributed by atoms with E-state index in [9.17, 15) is 4.79 Å². The van der Waals surface area contributed by atoms with Crippen molar-refractivity contribution in [1.82, 2.24) is 9.88 Å². The fourth-order valence-electron chi connectivity index (χ4n) is 3.94. The predicted molar refractivity (Wildman–Crippen MR) is 92.5 cm³/mol. The highest BCUT2D eigenvalue weighted by Gasteiger charge is 2.49. The highest BCUT2D eigenvalue weighted by atomic mass is 32.1. The van der Waals surface area contributed by atoms with Gasteiger partial charge in [-0.2, -0.15) is 11.3 Å². The average molecular weight is 327 g/mol. The van der Waals surface area contributed by atoms with E-state index in [-0.39, 0.29) is 5.41 Å². The number of carbonyl (C=O) groups excluding carboxylic acids is 1. The minimum absolute atomic E-state index is 0.186. The fraction of sp³-hybridized carbons (Fsp3) is 0.444. The summed E-state index contributed by atoms with van der Waals surface area (Å²) < 4.78 is 0. The van der Waals surface area contributed by atoms with Crippen LogP contribution in [0, 0.1) is 5.41 Å². The zero-order valence-corrected chi connectivity index (χ0v) is 14.0. The van der Waals surface area contributed by atoms with Crippen molar-refractivity contribution in [1.29, 1.82) is 0 Å². The van der Waals surface area contributed by atoms with Gasteiger partial charge in [-0.05, 0) is 49.4 Å². The first kappa shape index (κ1) is 14.8. The van der Waals surface area contributed by atoms with E-state index in [1.54, 1.807) is 11.3 Å². The molecule has 1 spiro atoms. The maximum Gasteiger partial charge on any atom is 0.234 e. The molecule has 23 heavy (non-hydrogen) atoms. The highest BCUT2D eigenvalue weighted by Crippen LogP contribution is 2.42. The van der Waals surface area contributed by atoms with Gasteiger partial charge in [-0.15, -0.1) is 0 Å². The molecule has 4 nitrogen and oxygen atoms in total. The maximum atomic E-state index is 13.1. The fourth-order valence-corrected chi connectivity index (χ4v) is 4.58. The van der Waals surface area contributed by atoms with Crippen molar-refractivity contribution in [3.63, 3.8) is 0 Å². The summed E-state index contributed by atoms with van der Waals surface area (Å²) in [6.07, 6.45) is 4.93. The molecule has 2 aromatic heterocycles. The van der Waals surface area contributed by atoms with E-state index < -0.39 is 0 Å². The van der Waals surface area contributed by atoms with Gasteiger partial charge in [-0.1, -0.05) is 6.07 Å². The monoisotopic (exact) mass is 327 g/mol. The van der Waals surface area contributed by atoms with Crippen LogP contribution in [-0.4, -0.2) is 35.4 Å². The smallest absolute Gasteiger partial charge is 0.234 e. The number of piperidine rings is 1. The third-order valence-electron chi connectivity index (χ3n) is 5.10. The summed E-state index contributed by atoms with van der Waals surface area (Å²) >= 11 is 1.65. The van der Waals surface area contributed by atoms with Crippen LogP contribution >= 0.6 is 11.3 Å². The summed E-state index contributed by atoms with van der Waals surface area (Å²) in [6, 6.07) is 8.09. The molecule has 5 heteroatoms. The maximum absolute atomic E-state index is 13.1. The van der Waals surface area contributed by atoms with Gasteiger partial charge in [-0.3, -0.25) is 14.7 Å². The van der Waals surface area contributed by atoms with Crippen LogP contribution in [0.25, 0.3) is 0 Å². The van der Waals surface area contributed by atoms with E-state index in [4.69, 9.17) is 0 Å². The number of pyridine rings is 1. The van der Waals surface area contributed by atoms with E-state index >= 15 is 0 Å². The second-order valence-electron chi connectivity index (χ2n) is 6.60. The van der Waals surface area contributed by atoms with E-state index in [1.807, 2.05) is 28.6 Å². The zero-order valence-electron chi connectivity index (χ0n) is 13.1. The molecule has 0 aromatic carbocycles. The second-order valence-corrected chi connectivity index (χ2v) is 7.38. The van der Waals surface area contributed by atoms with Crippen molar-refractivity contribution in [3.05, 3.63) is 46.9 Å². The minimum Gasteiger partial charge on any atom is -0.311 e. The lowest BCUT2D eigenvalue weighted by molar-refractivity contribution is -0.128. The van der Waals surface area contributed by atoms with E-state index in [0.717, 1.165) is 56.8 Å². The van der Waals surface area contributed by atoms with Crippen molar-refractivity contribution in [2.45, 2.75) is 25.8 Å². The second kappa shape index (κ2) is 6.06. The minimum atomic E-state index is -0.186. The van der Waals surface area contributed by atoms with Gasteiger partial charge in [0, 0.05) is 31.2 Å². The lowest BCUT2D eigenvalue weighted by atomic mass is 9.78. The molecule has 0 saturated carbocycles. The Hall–Kier alpha value is -1.72. The van der Waals surface area contributed by atoms with E-state index in [1.165, 1.54) is 0 Å². The van der Waals surface area contributed by atoms with Gasteiger partial charge in [-0.25, -0.2) is 0 Å². The van der Waals surface area contributed by atoms with Gasteiger partial charge >= 0.3 is 0 Å². The molecule has 2 aliphatic rings. The molecule has 2 fully saturated rings. The quantitative estimate of drug-likeness (QED) is 0.869. The Labute approximate surface area is 140 Å².